The fraction of sp³-hybridized carbons (Fsp3) is 0.286. The van der Waals surface area contributed by atoms with E-state index in [-0.39, 0.29) is 0 Å². The van der Waals surface area contributed by atoms with Crippen LogP contribution in [0.3, 0.4) is 0 Å². The van der Waals surface area contributed by atoms with E-state index in [9.17, 15) is 0 Å². The summed E-state index contributed by atoms with van der Waals surface area (Å²) in [4.78, 5) is 3.83. The van der Waals surface area contributed by atoms with Crippen molar-refractivity contribution in [3.8, 4) is 5.75 Å². The largest absolute Gasteiger partial charge is 0.495 e. The van der Waals surface area contributed by atoms with Crippen LogP contribution in [0.5, 0.6) is 5.75 Å². The molecule has 1 heterocycles. The van der Waals surface area contributed by atoms with Gasteiger partial charge in [0.1, 0.15) is 5.75 Å². The van der Waals surface area contributed by atoms with Gasteiger partial charge in [0.15, 0.2) is 0 Å². The van der Waals surface area contributed by atoms with Crippen LogP contribution in [0.4, 0.5) is 0 Å². The molecule has 0 saturated carbocycles. The van der Waals surface area contributed by atoms with E-state index in [2.05, 4.69) is 4.98 Å². The van der Waals surface area contributed by atoms with Crippen molar-refractivity contribution in [3.05, 3.63) is 24.5 Å². The van der Waals surface area contributed by atoms with Gasteiger partial charge in [-0.15, -0.1) is 0 Å². The van der Waals surface area contributed by atoms with Crippen molar-refractivity contribution in [2.45, 2.75) is 0 Å². The lowest BCUT2D eigenvalue weighted by molar-refractivity contribution is 0.399. The summed E-state index contributed by atoms with van der Waals surface area (Å²) in [6.45, 7) is 0. The average Bonchev–Trinajstić information content (AvgIpc) is 2.10. The van der Waals surface area contributed by atoms with Gasteiger partial charge in [-0.3, -0.25) is 4.98 Å². The lowest BCUT2D eigenvalue weighted by atomic mass is 10.5. The second-order valence-corrected chi connectivity index (χ2v) is 1.39. The topological polar surface area (TPSA) is 42.4 Å². The van der Waals surface area contributed by atoms with Crippen molar-refractivity contribution in [2.24, 2.45) is 0 Å². The van der Waals surface area contributed by atoms with Gasteiger partial charge in [-0.25, -0.2) is 0 Å². The quantitative estimate of drug-likeness (QED) is 0.626. The molecule has 0 aromatic carbocycles. The molecule has 1 rings (SSSR count). The third kappa shape index (κ3) is 3.04. The van der Waals surface area contributed by atoms with Gasteiger partial charge in [-0.2, -0.15) is 0 Å². The normalized spacial score (nSPS) is 7.50. The summed E-state index contributed by atoms with van der Waals surface area (Å²) < 4.78 is 4.85. The summed E-state index contributed by atoms with van der Waals surface area (Å²) in [5.41, 5.74) is 0. The van der Waals surface area contributed by atoms with Crippen LogP contribution in [0.15, 0.2) is 24.5 Å². The first-order valence-corrected chi connectivity index (χ1v) is 2.82. The molecule has 0 bridgehead atoms. The molecule has 0 fully saturated rings. The molecule has 3 heteroatoms. The van der Waals surface area contributed by atoms with Gasteiger partial charge < -0.3 is 9.84 Å². The van der Waals surface area contributed by atoms with Crippen LogP contribution >= 0.6 is 0 Å². The molecule has 3 nitrogen and oxygen atoms in total. The Labute approximate surface area is 60.3 Å². The van der Waals surface area contributed by atoms with Crippen LogP contribution < -0.4 is 4.74 Å². The Morgan fingerprint density at radius 2 is 2.20 bits per heavy atom. The minimum Gasteiger partial charge on any atom is -0.495 e. The minimum atomic E-state index is 0.799. The summed E-state index contributed by atoms with van der Waals surface area (Å²) in [5.74, 6) is 0.799. The van der Waals surface area contributed by atoms with Gasteiger partial charge in [0.25, 0.3) is 0 Å². The first-order chi connectivity index (χ1) is 4.93. The number of aromatic nitrogens is 1. The van der Waals surface area contributed by atoms with Crippen molar-refractivity contribution < 1.29 is 9.84 Å². The molecule has 10 heavy (non-hydrogen) atoms. The van der Waals surface area contributed by atoms with E-state index in [4.69, 9.17) is 9.84 Å². The number of ether oxygens (including phenoxy) is 1. The molecule has 56 valence electrons. The Kier molecular flexibility index (Phi) is 5.38. The smallest absolute Gasteiger partial charge is 0.137 e. The number of pyridine rings is 1. The molecule has 0 atom stereocenters. The summed E-state index contributed by atoms with van der Waals surface area (Å²) in [6.07, 6.45) is 3.38. The van der Waals surface area contributed by atoms with E-state index in [0.29, 0.717) is 0 Å². The zero-order chi connectivity index (χ0) is 7.82. The van der Waals surface area contributed by atoms with Gasteiger partial charge in [0.05, 0.1) is 13.3 Å². The summed E-state index contributed by atoms with van der Waals surface area (Å²) >= 11 is 0. The Hall–Kier alpha value is -1.09. The molecule has 0 aliphatic carbocycles. The molecule has 1 aromatic heterocycles. The highest BCUT2D eigenvalue weighted by Crippen LogP contribution is 2.02. The van der Waals surface area contributed by atoms with Crippen LogP contribution in [-0.2, 0) is 0 Å². The van der Waals surface area contributed by atoms with Crippen molar-refractivity contribution in [2.75, 3.05) is 14.2 Å². The third-order valence-corrected chi connectivity index (χ3v) is 0.870. The third-order valence-electron chi connectivity index (χ3n) is 0.870. The van der Waals surface area contributed by atoms with E-state index in [1.807, 2.05) is 12.1 Å². The highest BCUT2D eigenvalue weighted by molar-refractivity contribution is 5.14. The number of rotatable bonds is 1. The molecule has 0 amide bonds. The van der Waals surface area contributed by atoms with Crippen LogP contribution in [-0.4, -0.2) is 24.3 Å². The number of nitrogens with zero attached hydrogens (tertiary/aromatic N) is 1. The Bertz CT molecular complexity index is 153. The first-order valence-electron chi connectivity index (χ1n) is 2.82. The van der Waals surface area contributed by atoms with Gasteiger partial charge in [-0.05, 0) is 12.1 Å². The maximum atomic E-state index is 7.00. The molecule has 0 aliphatic heterocycles. The first kappa shape index (κ1) is 8.91. The van der Waals surface area contributed by atoms with Gasteiger partial charge in [-0.1, -0.05) is 0 Å². The van der Waals surface area contributed by atoms with Gasteiger partial charge in [0, 0.05) is 13.3 Å². The predicted molar refractivity (Wildman–Crippen MR) is 38.9 cm³/mol. The van der Waals surface area contributed by atoms with Crippen LogP contribution in [0, 0.1) is 0 Å². The minimum absolute atomic E-state index is 0.799. The fourth-order valence-electron chi connectivity index (χ4n) is 0.468. The van der Waals surface area contributed by atoms with Crippen molar-refractivity contribution in [1.82, 2.24) is 4.98 Å². The van der Waals surface area contributed by atoms with E-state index >= 15 is 0 Å². The average molecular weight is 141 g/mol. The molecule has 0 unspecified atom stereocenters. The highest BCUT2D eigenvalue weighted by Gasteiger charge is 1.81. The predicted octanol–water partition coefficient (Wildman–Crippen LogP) is 0.699. The molecule has 1 aromatic rings. The number of aliphatic hydroxyl groups is 1. The lowest BCUT2D eigenvalue weighted by Crippen LogP contribution is -1.80. The lowest BCUT2D eigenvalue weighted by Gasteiger charge is -1.93. The number of methoxy groups -OCH3 is 1. The summed E-state index contributed by atoms with van der Waals surface area (Å²) in [6, 6.07) is 3.69. The van der Waals surface area contributed by atoms with Crippen molar-refractivity contribution in [3.63, 3.8) is 0 Å². The standard InChI is InChI=1S/C6H7NO.CH4O/c1-8-6-3-2-4-7-5-6;1-2/h2-5H,1H3;2H,1H3. The van der Waals surface area contributed by atoms with Crippen LogP contribution in [0.25, 0.3) is 0 Å². The van der Waals surface area contributed by atoms with E-state index < -0.39 is 0 Å². The molecule has 0 saturated heterocycles. The number of hydrogen-bond donors (Lipinski definition) is 1. The number of hydrogen-bond acceptors (Lipinski definition) is 3. The fourth-order valence-corrected chi connectivity index (χ4v) is 0.468. The monoisotopic (exact) mass is 141 g/mol. The maximum Gasteiger partial charge on any atom is 0.137 e. The zero-order valence-corrected chi connectivity index (χ0v) is 6.11. The summed E-state index contributed by atoms with van der Waals surface area (Å²) in [7, 11) is 2.62. The molecular weight excluding hydrogens is 130 g/mol. The maximum absolute atomic E-state index is 7.00. The second kappa shape index (κ2) is 6.04. The van der Waals surface area contributed by atoms with E-state index in [1.54, 1.807) is 19.5 Å². The number of aliphatic hydroxyl groups excluding tert-OH is 1. The molecular formula is C7H11NO2. The van der Waals surface area contributed by atoms with Gasteiger partial charge >= 0.3 is 0 Å². The zero-order valence-electron chi connectivity index (χ0n) is 6.11. The molecule has 0 radical (unpaired) electrons. The van der Waals surface area contributed by atoms with Crippen molar-refractivity contribution in [1.29, 1.82) is 0 Å². The Morgan fingerprint density at radius 1 is 1.50 bits per heavy atom. The van der Waals surface area contributed by atoms with Gasteiger partial charge in [0.2, 0.25) is 0 Å². The van der Waals surface area contributed by atoms with Crippen LogP contribution in [0.2, 0.25) is 0 Å². The SMILES string of the molecule is CO.COc1cccnc1. The van der Waals surface area contributed by atoms with Crippen LogP contribution in [0.1, 0.15) is 0 Å². The van der Waals surface area contributed by atoms with Crippen molar-refractivity contribution >= 4 is 0 Å². The van der Waals surface area contributed by atoms with E-state index in [1.165, 1.54) is 0 Å². The Balaban J connectivity index is 0.000000371. The summed E-state index contributed by atoms with van der Waals surface area (Å²) in [5, 5.41) is 7.00. The molecule has 0 aliphatic rings. The van der Waals surface area contributed by atoms with E-state index in [0.717, 1.165) is 12.9 Å². The Morgan fingerprint density at radius 3 is 2.50 bits per heavy atom. The molecule has 0 spiro atoms. The second-order valence-electron chi connectivity index (χ2n) is 1.39. The highest BCUT2D eigenvalue weighted by atomic mass is 16.5. The molecule has 1 N–H and O–H groups in total.